The van der Waals surface area contributed by atoms with Crippen LogP contribution in [0.15, 0.2) is 83.5 Å². The zero-order chi connectivity index (χ0) is 21.8. The van der Waals surface area contributed by atoms with E-state index in [1.807, 2.05) is 67.7 Å². The molecule has 0 bridgehead atoms. The Morgan fingerprint density at radius 1 is 0.818 bits per heavy atom. The molecule has 0 N–H and O–H groups in total. The predicted octanol–water partition coefficient (Wildman–Crippen LogP) is 7.03. The second kappa shape index (κ2) is 10.7. The number of pyridine rings is 2. The van der Waals surface area contributed by atoms with Gasteiger partial charge in [0.2, 0.25) is 0 Å². The minimum absolute atomic E-state index is 0. The Bertz CT molecular complexity index is 1280. The van der Waals surface area contributed by atoms with Crippen molar-refractivity contribution in [2.75, 3.05) is 0 Å². The molecule has 3 heterocycles. The molecule has 0 atom stereocenters. The van der Waals surface area contributed by atoms with E-state index in [1.54, 1.807) is 6.20 Å². The summed E-state index contributed by atoms with van der Waals surface area (Å²) >= 11 is 0. The monoisotopic (exact) mass is 609 g/mol. The van der Waals surface area contributed by atoms with E-state index in [0.717, 1.165) is 40.9 Å². The smallest absolute Gasteiger partial charge is 0.0930 e. The van der Waals surface area contributed by atoms with E-state index in [0.29, 0.717) is 0 Å². The van der Waals surface area contributed by atoms with Gasteiger partial charge in [0.25, 0.3) is 0 Å². The molecule has 1 aliphatic rings. The Labute approximate surface area is 208 Å². The van der Waals surface area contributed by atoms with Crippen molar-refractivity contribution in [3.8, 4) is 22.5 Å². The number of benzene rings is 2. The summed E-state index contributed by atoms with van der Waals surface area (Å²) in [5.41, 5.74) is 7.45. The molecule has 4 heteroatoms. The van der Waals surface area contributed by atoms with Crippen LogP contribution in [0.4, 0.5) is 0 Å². The third-order valence-electron chi connectivity index (χ3n) is 5.73. The fourth-order valence-corrected chi connectivity index (χ4v) is 4.11. The molecule has 0 aliphatic heterocycles. The van der Waals surface area contributed by atoms with Gasteiger partial charge in [-0.3, -0.25) is 0 Å². The SMILES string of the molecule is Cc1ccc(-c2[c-]ccc3c4c(oc23)CCCC4)nc1.[Ir].[c-]1ccccc1-c1ccccn1. The van der Waals surface area contributed by atoms with Gasteiger partial charge in [-0.05, 0) is 54.8 Å². The molecule has 1 aliphatic carbocycles. The van der Waals surface area contributed by atoms with Crippen LogP contribution in [0.25, 0.3) is 33.5 Å². The molecule has 0 fully saturated rings. The number of rotatable bonds is 2. The Morgan fingerprint density at radius 3 is 2.45 bits per heavy atom. The molecular weight excluding hydrogens is 585 g/mol. The molecule has 0 unspecified atom stereocenters. The first-order chi connectivity index (χ1) is 15.8. The first kappa shape index (κ1) is 23.1. The molecule has 167 valence electrons. The maximum atomic E-state index is 6.14. The molecule has 3 nitrogen and oxygen atoms in total. The Kier molecular flexibility index (Phi) is 7.49. The number of aromatic nitrogens is 2. The predicted molar refractivity (Wildman–Crippen MR) is 128 cm³/mol. The van der Waals surface area contributed by atoms with E-state index in [1.165, 1.54) is 35.1 Å². The van der Waals surface area contributed by atoms with E-state index >= 15 is 0 Å². The molecule has 1 radical (unpaired) electrons. The van der Waals surface area contributed by atoms with E-state index in [4.69, 9.17) is 4.42 Å². The number of furan rings is 1. The van der Waals surface area contributed by atoms with Gasteiger partial charge in [0, 0.05) is 38.9 Å². The standard InChI is InChI=1S/C18H16NO.C11H8N.Ir/c1-12-9-10-16(19-11-12)15-7-4-6-14-13-5-2-3-8-17(13)20-18(14)15;1-2-6-10(7-3-1)11-8-4-5-9-12-11;/h4,6,9-11H,2-3,5,8H2,1H3;1-6,8-9H;/q2*-1;. The molecule has 0 saturated heterocycles. The summed E-state index contributed by atoms with van der Waals surface area (Å²) in [4.78, 5) is 8.73. The van der Waals surface area contributed by atoms with Gasteiger partial charge in [-0.15, -0.1) is 54.1 Å². The van der Waals surface area contributed by atoms with Crippen LogP contribution >= 0.6 is 0 Å². The van der Waals surface area contributed by atoms with Crippen molar-refractivity contribution in [1.82, 2.24) is 9.97 Å². The van der Waals surface area contributed by atoms with E-state index in [-0.39, 0.29) is 20.1 Å². The average molecular weight is 609 g/mol. The second-order valence-corrected chi connectivity index (χ2v) is 8.02. The number of fused-ring (bicyclic) bond motifs is 3. The van der Waals surface area contributed by atoms with Crippen LogP contribution < -0.4 is 0 Å². The number of hydrogen-bond acceptors (Lipinski definition) is 3. The Balaban J connectivity index is 0.000000172. The van der Waals surface area contributed by atoms with Gasteiger partial charge in [0.05, 0.1) is 11.3 Å². The van der Waals surface area contributed by atoms with Crippen LogP contribution in [-0.2, 0) is 32.9 Å². The summed E-state index contributed by atoms with van der Waals surface area (Å²) in [5, 5.41) is 1.25. The largest absolute Gasteiger partial charge is 0.505 e. The van der Waals surface area contributed by atoms with Crippen LogP contribution in [0.3, 0.4) is 0 Å². The summed E-state index contributed by atoms with van der Waals surface area (Å²) in [7, 11) is 0. The van der Waals surface area contributed by atoms with Gasteiger partial charge < -0.3 is 14.4 Å². The van der Waals surface area contributed by atoms with Gasteiger partial charge in [-0.1, -0.05) is 35.2 Å². The van der Waals surface area contributed by atoms with Crippen LogP contribution in [-0.4, -0.2) is 9.97 Å². The van der Waals surface area contributed by atoms with Gasteiger partial charge in [-0.25, -0.2) is 0 Å². The molecule has 3 aromatic heterocycles. The number of hydrogen-bond donors (Lipinski definition) is 0. The summed E-state index contributed by atoms with van der Waals surface area (Å²) in [6, 6.07) is 28.4. The van der Waals surface area contributed by atoms with Crippen molar-refractivity contribution in [2.24, 2.45) is 0 Å². The minimum Gasteiger partial charge on any atom is -0.505 e. The molecule has 2 aromatic carbocycles. The van der Waals surface area contributed by atoms with Crippen LogP contribution in [0, 0.1) is 19.1 Å². The number of nitrogens with zero attached hydrogens (tertiary/aromatic N) is 2. The zero-order valence-corrected chi connectivity index (χ0v) is 20.9. The Morgan fingerprint density at radius 2 is 1.70 bits per heavy atom. The van der Waals surface area contributed by atoms with Crippen molar-refractivity contribution >= 4 is 11.0 Å². The fourth-order valence-electron chi connectivity index (χ4n) is 4.11. The van der Waals surface area contributed by atoms with E-state index < -0.39 is 0 Å². The van der Waals surface area contributed by atoms with Crippen molar-refractivity contribution in [2.45, 2.75) is 32.6 Å². The zero-order valence-electron chi connectivity index (χ0n) is 18.5. The third kappa shape index (κ3) is 5.13. The van der Waals surface area contributed by atoms with Gasteiger partial charge >= 0.3 is 0 Å². The fraction of sp³-hybridized carbons (Fsp3) is 0.172. The third-order valence-corrected chi connectivity index (χ3v) is 5.73. The van der Waals surface area contributed by atoms with E-state index in [2.05, 4.69) is 34.2 Å². The van der Waals surface area contributed by atoms with Gasteiger partial charge in [0.1, 0.15) is 0 Å². The average Bonchev–Trinajstić information content (AvgIpc) is 3.25. The second-order valence-electron chi connectivity index (χ2n) is 8.02. The minimum atomic E-state index is 0. The summed E-state index contributed by atoms with van der Waals surface area (Å²) in [5.74, 6) is 1.17. The maximum Gasteiger partial charge on any atom is 0.0930 e. The van der Waals surface area contributed by atoms with Crippen LogP contribution in [0.5, 0.6) is 0 Å². The molecule has 5 aromatic rings. The van der Waals surface area contributed by atoms with Crippen LogP contribution in [0.1, 0.15) is 29.7 Å². The summed E-state index contributed by atoms with van der Waals surface area (Å²) < 4.78 is 6.14. The quantitative estimate of drug-likeness (QED) is 0.202. The first-order valence-corrected chi connectivity index (χ1v) is 11.1. The van der Waals surface area contributed by atoms with Gasteiger partial charge in [0.15, 0.2) is 0 Å². The van der Waals surface area contributed by atoms with Crippen molar-refractivity contribution in [3.05, 3.63) is 108 Å². The molecule has 0 amide bonds. The van der Waals surface area contributed by atoms with Crippen LogP contribution in [0.2, 0.25) is 0 Å². The summed E-state index contributed by atoms with van der Waals surface area (Å²) in [6.07, 6.45) is 8.37. The van der Waals surface area contributed by atoms with Crippen molar-refractivity contribution in [3.63, 3.8) is 0 Å². The topological polar surface area (TPSA) is 38.9 Å². The maximum absolute atomic E-state index is 6.14. The van der Waals surface area contributed by atoms with E-state index in [9.17, 15) is 0 Å². The molecular formula is C29H24IrN2O-2. The normalized spacial score (nSPS) is 12.3. The first-order valence-electron chi connectivity index (χ1n) is 11.1. The molecule has 0 spiro atoms. The molecule has 6 rings (SSSR count). The van der Waals surface area contributed by atoms with Crippen molar-refractivity contribution < 1.29 is 24.5 Å². The molecule has 33 heavy (non-hydrogen) atoms. The molecule has 0 saturated carbocycles. The van der Waals surface area contributed by atoms with Gasteiger partial charge in [-0.2, -0.15) is 0 Å². The van der Waals surface area contributed by atoms with Crippen molar-refractivity contribution in [1.29, 1.82) is 0 Å². The number of aryl methyl sites for hydroxylation is 3. The summed E-state index contributed by atoms with van der Waals surface area (Å²) in [6.45, 7) is 2.05. The Hall–Kier alpha value is -3.07.